The maximum Gasteiger partial charge on any atom is 0.255 e. The van der Waals surface area contributed by atoms with Crippen LogP contribution in [0.2, 0.25) is 5.02 Å². The van der Waals surface area contributed by atoms with Crippen molar-refractivity contribution in [2.24, 2.45) is 0 Å². The fourth-order valence-corrected chi connectivity index (χ4v) is 3.83. The lowest BCUT2D eigenvalue weighted by Crippen LogP contribution is -2.45. The number of ether oxygens (including phenoxy) is 1. The predicted molar refractivity (Wildman–Crippen MR) is 111 cm³/mol. The number of fused-ring (bicyclic) bond motifs is 1. The molecule has 1 aliphatic carbocycles. The van der Waals surface area contributed by atoms with Crippen LogP contribution in [0.4, 0.5) is 4.39 Å². The minimum Gasteiger partial charge on any atom is -0.492 e. The van der Waals surface area contributed by atoms with E-state index in [-0.39, 0.29) is 17.2 Å². The molecule has 0 spiro atoms. The Kier molecular flexibility index (Phi) is 4.96. The summed E-state index contributed by atoms with van der Waals surface area (Å²) in [5.74, 6) is -0.571. The Morgan fingerprint density at radius 1 is 1.34 bits per heavy atom. The van der Waals surface area contributed by atoms with Crippen LogP contribution in [0.15, 0.2) is 30.3 Å². The molecule has 1 aromatic carbocycles. The lowest BCUT2D eigenvalue weighted by molar-refractivity contribution is -0.127. The highest BCUT2D eigenvalue weighted by molar-refractivity contribution is 6.34. The normalized spacial score (nSPS) is 15.0. The number of amides is 1. The molecule has 3 aromatic rings. The van der Waals surface area contributed by atoms with Gasteiger partial charge < -0.3 is 15.0 Å². The van der Waals surface area contributed by atoms with E-state index in [0.717, 1.165) is 29.4 Å². The van der Waals surface area contributed by atoms with E-state index < -0.39 is 5.95 Å². The Morgan fingerprint density at radius 2 is 2.10 bits per heavy atom. The second-order valence-corrected chi connectivity index (χ2v) is 7.92. The molecule has 1 saturated carbocycles. The lowest BCUT2D eigenvalue weighted by Gasteiger charge is -2.22. The molecule has 2 N–H and O–H groups in total. The minimum absolute atomic E-state index is 0.0396. The van der Waals surface area contributed by atoms with Gasteiger partial charge in [-0.3, -0.25) is 9.69 Å². The molecule has 4 rings (SSSR count). The van der Waals surface area contributed by atoms with Crippen molar-refractivity contribution in [2.75, 3.05) is 21.2 Å². The monoisotopic (exact) mass is 416 g/mol. The topological polar surface area (TPSA) is 70.2 Å². The number of methoxy groups -OCH3 is 1. The van der Waals surface area contributed by atoms with Gasteiger partial charge >= 0.3 is 0 Å². The van der Waals surface area contributed by atoms with Gasteiger partial charge in [0.05, 0.1) is 29.9 Å². The van der Waals surface area contributed by atoms with Crippen LogP contribution in [0.25, 0.3) is 22.2 Å². The zero-order valence-corrected chi connectivity index (χ0v) is 17.2. The molecule has 2 aromatic heterocycles. The quantitative estimate of drug-likeness (QED) is 0.600. The van der Waals surface area contributed by atoms with Crippen molar-refractivity contribution >= 4 is 28.4 Å². The van der Waals surface area contributed by atoms with Crippen LogP contribution in [0.5, 0.6) is 5.75 Å². The summed E-state index contributed by atoms with van der Waals surface area (Å²) in [5, 5.41) is 4.38. The first-order valence-electron chi connectivity index (χ1n) is 9.32. The average molecular weight is 417 g/mol. The van der Waals surface area contributed by atoms with E-state index in [9.17, 15) is 9.18 Å². The predicted octanol–water partition coefficient (Wildman–Crippen LogP) is 3.74. The first-order valence-corrected chi connectivity index (χ1v) is 9.69. The van der Waals surface area contributed by atoms with E-state index in [2.05, 4.69) is 15.3 Å². The number of rotatable bonds is 6. The first kappa shape index (κ1) is 19.7. The number of halogens is 2. The second-order valence-electron chi connectivity index (χ2n) is 7.51. The maximum absolute atomic E-state index is 14.0. The third-order valence-corrected chi connectivity index (χ3v) is 5.83. The lowest BCUT2D eigenvalue weighted by atomic mass is 10.1. The molecule has 152 valence electrons. The first-order chi connectivity index (χ1) is 13.8. The van der Waals surface area contributed by atoms with Gasteiger partial charge in [-0.2, -0.15) is 4.39 Å². The minimum atomic E-state index is -0.689. The van der Waals surface area contributed by atoms with Crippen LogP contribution in [0, 0.1) is 5.95 Å². The summed E-state index contributed by atoms with van der Waals surface area (Å²) in [6.07, 6.45) is 1.76. The molecule has 1 amide bonds. The van der Waals surface area contributed by atoms with E-state index in [0.29, 0.717) is 22.8 Å². The number of likely N-dealkylation sites (N-methyl/N-ethyl adjacent to an activating group) is 1. The number of H-pyrrole nitrogens is 1. The van der Waals surface area contributed by atoms with Crippen LogP contribution in [0.3, 0.4) is 0 Å². The molecule has 0 unspecified atom stereocenters. The summed E-state index contributed by atoms with van der Waals surface area (Å²) in [6.45, 7) is 0.394. The van der Waals surface area contributed by atoms with Crippen molar-refractivity contribution < 1.29 is 13.9 Å². The molecule has 0 saturated heterocycles. The van der Waals surface area contributed by atoms with Gasteiger partial charge in [-0.15, -0.1) is 0 Å². The summed E-state index contributed by atoms with van der Waals surface area (Å²) in [4.78, 5) is 21.7. The van der Waals surface area contributed by atoms with Gasteiger partial charge in [0, 0.05) is 22.2 Å². The number of pyridine rings is 1. The molecule has 0 radical (unpaired) electrons. The Hall–Kier alpha value is -2.64. The van der Waals surface area contributed by atoms with Crippen LogP contribution < -0.4 is 10.1 Å². The van der Waals surface area contributed by atoms with Gasteiger partial charge in [0.1, 0.15) is 0 Å². The number of nitrogens with zero attached hydrogens (tertiary/aromatic N) is 2. The zero-order valence-electron chi connectivity index (χ0n) is 16.5. The Bertz CT molecular complexity index is 1090. The second kappa shape index (κ2) is 7.31. The van der Waals surface area contributed by atoms with Crippen LogP contribution >= 0.6 is 11.6 Å². The van der Waals surface area contributed by atoms with Crippen molar-refractivity contribution in [1.82, 2.24) is 20.2 Å². The van der Waals surface area contributed by atoms with E-state index in [1.807, 2.05) is 31.1 Å². The molecular formula is C21H22ClFN4O2. The number of benzene rings is 1. The number of hydrogen-bond acceptors (Lipinski definition) is 4. The molecule has 8 heteroatoms. The highest BCUT2D eigenvalue weighted by Gasteiger charge is 2.51. The smallest absolute Gasteiger partial charge is 0.255 e. The summed E-state index contributed by atoms with van der Waals surface area (Å²) in [6, 6.07) is 8.77. The van der Waals surface area contributed by atoms with Gasteiger partial charge in [0.2, 0.25) is 5.91 Å². The van der Waals surface area contributed by atoms with Gasteiger partial charge in [-0.1, -0.05) is 11.6 Å². The summed E-state index contributed by atoms with van der Waals surface area (Å²) in [7, 11) is 5.24. The number of nitrogens with one attached hydrogen (secondary N) is 2. The van der Waals surface area contributed by atoms with Crippen LogP contribution in [-0.2, 0) is 11.3 Å². The van der Waals surface area contributed by atoms with Crippen LogP contribution in [0.1, 0.15) is 18.5 Å². The van der Waals surface area contributed by atoms with Crippen molar-refractivity contribution in [2.45, 2.75) is 24.9 Å². The van der Waals surface area contributed by atoms with Gasteiger partial charge in [0.15, 0.2) is 5.75 Å². The Balaban J connectivity index is 1.57. The Labute approximate surface area is 173 Å². The fourth-order valence-electron chi connectivity index (χ4n) is 3.56. The highest BCUT2D eigenvalue weighted by Crippen LogP contribution is 2.40. The number of carbonyl (C=O) groups is 1. The zero-order chi connectivity index (χ0) is 20.8. The van der Waals surface area contributed by atoms with E-state index >= 15 is 0 Å². The number of aromatic amines is 1. The molecule has 0 bridgehead atoms. The van der Waals surface area contributed by atoms with Crippen LogP contribution in [-0.4, -0.2) is 47.5 Å². The molecular weight excluding hydrogens is 395 g/mol. The van der Waals surface area contributed by atoms with Crippen molar-refractivity contribution in [3.8, 4) is 17.0 Å². The molecule has 2 heterocycles. The number of hydrogen-bond donors (Lipinski definition) is 2. The van der Waals surface area contributed by atoms with Crippen molar-refractivity contribution in [3.05, 3.63) is 47.0 Å². The highest BCUT2D eigenvalue weighted by atomic mass is 35.5. The molecule has 0 aliphatic heterocycles. The standard InChI is InChI=1S/C21H22ClFN4O2/c1-27(2)21(6-7-21)20(28)24-11-13-8-12-9-15(22)14(10-17(12)25-13)16-4-5-18(29-3)19(23)26-16/h4-5,8-10,25H,6-7,11H2,1-3H3,(H,24,28). The summed E-state index contributed by atoms with van der Waals surface area (Å²) < 4.78 is 18.9. The van der Waals surface area contributed by atoms with Gasteiger partial charge in [0.25, 0.3) is 5.95 Å². The number of aromatic nitrogens is 2. The summed E-state index contributed by atoms with van der Waals surface area (Å²) in [5.41, 5.74) is 2.36. The van der Waals surface area contributed by atoms with Gasteiger partial charge in [-0.25, -0.2) is 4.98 Å². The Morgan fingerprint density at radius 3 is 2.72 bits per heavy atom. The van der Waals surface area contributed by atoms with E-state index in [4.69, 9.17) is 16.3 Å². The molecule has 6 nitrogen and oxygen atoms in total. The maximum atomic E-state index is 14.0. The summed E-state index contributed by atoms with van der Waals surface area (Å²) >= 11 is 6.42. The number of carbonyl (C=O) groups excluding carboxylic acids is 1. The van der Waals surface area contributed by atoms with Gasteiger partial charge in [-0.05, 0) is 57.3 Å². The third kappa shape index (κ3) is 3.56. The largest absolute Gasteiger partial charge is 0.492 e. The molecule has 0 atom stereocenters. The van der Waals surface area contributed by atoms with E-state index in [1.54, 1.807) is 12.1 Å². The SMILES string of the molecule is COc1ccc(-c2cc3[nH]c(CNC(=O)C4(N(C)C)CC4)cc3cc2Cl)nc1F. The fraction of sp³-hybridized carbons (Fsp3) is 0.333. The molecule has 29 heavy (non-hydrogen) atoms. The van der Waals surface area contributed by atoms with Crippen molar-refractivity contribution in [3.63, 3.8) is 0 Å². The molecule has 1 fully saturated rings. The van der Waals surface area contributed by atoms with Crippen molar-refractivity contribution in [1.29, 1.82) is 0 Å². The van der Waals surface area contributed by atoms with E-state index in [1.165, 1.54) is 13.2 Å². The average Bonchev–Trinajstić information content (AvgIpc) is 3.41. The third-order valence-electron chi connectivity index (χ3n) is 5.52. The molecule has 1 aliphatic rings.